The standard InChI is InChI=1S/C20H27N3O3S3/c1-3-22(17-6-4-5-16(2)15-17)9-8-21-20(24)19-18(7-12-28-19)29(25,26)23-10-13-27-14-11-23/h4-7,12,15H,3,8-11,13-14H2,1-2H3,(H,21,24). The number of anilines is 1. The Morgan fingerprint density at radius 3 is 2.69 bits per heavy atom. The van der Waals surface area contributed by atoms with Crippen molar-refractivity contribution in [2.75, 3.05) is 49.1 Å². The first kappa shape index (κ1) is 22.1. The van der Waals surface area contributed by atoms with Gasteiger partial charge in [0.05, 0.1) is 0 Å². The summed E-state index contributed by atoms with van der Waals surface area (Å²) >= 11 is 2.92. The molecule has 0 saturated carbocycles. The summed E-state index contributed by atoms with van der Waals surface area (Å²) in [6.07, 6.45) is 0. The van der Waals surface area contributed by atoms with Crippen molar-refractivity contribution in [2.45, 2.75) is 18.7 Å². The number of carbonyl (C=O) groups excluding carboxylic acids is 1. The maximum atomic E-state index is 13.0. The second-order valence-electron chi connectivity index (χ2n) is 6.81. The average molecular weight is 454 g/mol. The maximum Gasteiger partial charge on any atom is 0.262 e. The Balaban J connectivity index is 1.64. The number of sulfonamides is 1. The molecule has 1 fully saturated rings. The SMILES string of the molecule is CCN(CCNC(=O)c1sccc1S(=O)(=O)N1CCSCC1)c1cccc(C)c1. The quantitative estimate of drug-likeness (QED) is 0.665. The predicted octanol–water partition coefficient (Wildman–Crippen LogP) is 3.05. The number of nitrogens with zero attached hydrogens (tertiary/aromatic N) is 2. The van der Waals surface area contributed by atoms with Crippen molar-refractivity contribution in [3.63, 3.8) is 0 Å². The minimum Gasteiger partial charge on any atom is -0.370 e. The van der Waals surface area contributed by atoms with E-state index in [1.807, 2.05) is 6.07 Å². The molecule has 158 valence electrons. The summed E-state index contributed by atoms with van der Waals surface area (Å²) in [6, 6.07) is 9.79. The van der Waals surface area contributed by atoms with Crippen molar-refractivity contribution in [3.8, 4) is 0 Å². The third-order valence-corrected chi connectivity index (χ3v) is 8.76. The highest BCUT2D eigenvalue weighted by Gasteiger charge is 2.31. The Kier molecular flexibility index (Phi) is 7.61. The van der Waals surface area contributed by atoms with Crippen LogP contribution in [0.4, 0.5) is 5.69 Å². The van der Waals surface area contributed by atoms with E-state index < -0.39 is 10.0 Å². The molecular weight excluding hydrogens is 426 g/mol. The van der Waals surface area contributed by atoms with E-state index in [2.05, 4.69) is 42.3 Å². The monoisotopic (exact) mass is 453 g/mol. The normalized spacial score (nSPS) is 15.2. The first-order valence-corrected chi connectivity index (χ1v) is 13.2. The lowest BCUT2D eigenvalue weighted by Crippen LogP contribution is -2.39. The van der Waals surface area contributed by atoms with E-state index in [4.69, 9.17) is 0 Å². The number of likely N-dealkylation sites (N-methyl/N-ethyl adjacent to an activating group) is 1. The van der Waals surface area contributed by atoms with Crippen molar-refractivity contribution >= 4 is 44.7 Å². The lowest BCUT2D eigenvalue weighted by atomic mass is 10.2. The summed E-state index contributed by atoms with van der Waals surface area (Å²) in [5.74, 6) is 1.25. The van der Waals surface area contributed by atoms with Gasteiger partial charge in [-0.3, -0.25) is 4.79 Å². The number of aryl methyl sites for hydroxylation is 1. The molecule has 0 bridgehead atoms. The van der Waals surface area contributed by atoms with Crippen LogP contribution in [0.2, 0.25) is 0 Å². The first-order chi connectivity index (χ1) is 13.9. The molecule has 2 aromatic rings. The molecule has 6 nitrogen and oxygen atoms in total. The molecule has 1 N–H and O–H groups in total. The van der Waals surface area contributed by atoms with Gasteiger partial charge in [-0.25, -0.2) is 8.42 Å². The molecule has 1 aliphatic heterocycles. The number of hydrogen-bond acceptors (Lipinski definition) is 6. The third-order valence-electron chi connectivity index (χ3n) is 4.84. The lowest BCUT2D eigenvalue weighted by molar-refractivity contribution is 0.0955. The Morgan fingerprint density at radius 1 is 1.24 bits per heavy atom. The smallest absolute Gasteiger partial charge is 0.262 e. The molecule has 9 heteroatoms. The maximum absolute atomic E-state index is 13.0. The van der Waals surface area contributed by atoms with Crippen molar-refractivity contribution in [2.24, 2.45) is 0 Å². The van der Waals surface area contributed by atoms with Crippen molar-refractivity contribution in [1.82, 2.24) is 9.62 Å². The van der Waals surface area contributed by atoms with Crippen LogP contribution in [-0.2, 0) is 10.0 Å². The van der Waals surface area contributed by atoms with Gasteiger partial charge >= 0.3 is 0 Å². The minimum absolute atomic E-state index is 0.123. The average Bonchev–Trinajstić information content (AvgIpc) is 3.23. The third kappa shape index (κ3) is 5.33. The fourth-order valence-corrected chi connectivity index (χ4v) is 7.16. The van der Waals surface area contributed by atoms with Crippen LogP contribution in [0.5, 0.6) is 0 Å². The fraction of sp³-hybridized carbons (Fsp3) is 0.450. The highest BCUT2D eigenvalue weighted by atomic mass is 32.2. The van der Waals surface area contributed by atoms with E-state index in [0.717, 1.165) is 23.7 Å². The van der Waals surface area contributed by atoms with Crippen LogP contribution in [0, 0.1) is 6.92 Å². The second-order valence-corrected chi connectivity index (χ2v) is 10.9. The van der Waals surface area contributed by atoms with Gasteiger partial charge in [0.1, 0.15) is 9.77 Å². The molecular formula is C20H27N3O3S3. The van der Waals surface area contributed by atoms with E-state index in [9.17, 15) is 13.2 Å². The molecule has 0 unspecified atom stereocenters. The van der Waals surface area contributed by atoms with E-state index >= 15 is 0 Å². The highest BCUT2D eigenvalue weighted by Crippen LogP contribution is 2.27. The van der Waals surface area contributed by atoms with Gasteiger partial charge in [0.2, 0.25) is 10.0 Å². The summed E-state index contributed by atoms with van der Waals surface area (Å²) in [7, 11) is -3.63. The Hall–Kier alpha value is -1.55. The van der Waals surface area contributed by atoms with E-state index in [1.54, 1.807) is 23.2 Å². The van der Waals surface area contributed by atoms with Crippen LogP contribution >= 0.6 is 23.1 Å². The van der Waals surface area contributed by atoms with Crippen LogP contribution in [-0.4, -0.2) is 62.9 Å². The number of nitrogens with one attached hydrogen (secondary N) is 1. The van der Waals surface area contributed by atoms with Gasteiger partial charge in [-0.1, -0.05) is 12.1 Å². The van der Waals surface area contributed by atoms with Gasteiger partial charge in [0.25, 0.3) is 5.91 Å². The zero-order chi connectivity index (χ0) is 20.9. The van der Waals surface area contributed by atoms with Gasteiger partial charge in [0, 0.05) is 49.9 Å². The summed E-state index contributed by atoms with van der Waals surface area (Å²) < 4.78 is 27.4. The zero-order valence-electron chi connectivity index (χ0n) is 16.8. The molecule has 0 atom stereocenters. The van der Waals surface area contributed by atoms with E-state index in [1.165, 1.54) is 21.2 Å². The van der Waals surface area contributed by atoms with Gasteiger partial charge in [0.15, 0.2) is 0 Å². The van der Waals surface area contributed by atoms with Crippen LogP contribution in [0.25, 0.3) is 0 Å². The summed E-state index contributed by atoms with van der Waals surface area (Å²) in [6.45, 7) is 7.04. The number of thioether (sulfide) groups is 1. The van der Waals surface area contributed by atoms with Crippen molar-refractivity contribution in [1.29, 1.82) is 0 Å². The number of amides is 1. The van der Waals surface area contributed by atoms with Gasteiger partial charge in [-0.05, 0) is 43.0 Å². The fourth-order valence-electron chi connectivity index (χ4n) is 3.27. The molecule has 1 aromatic carbocycles. The number of benzene rings is 1. The van der Waals surface area contributed by atoms with Crippen LogP contribution in [0.1, 0.15) is 22.2 Å². The summed E-state index contributed by atoms with van der Waals surface area (Å²) in [5.41, 5.74) is 2.30. The summed E-state index contributed by atoms with van der Waals surface area (Å²) in [5, 5.41) is 4.56. The highest BCUT2D eigenvalue weighted by molar-refractivity contribution is 7.99. The predicted molar refractivity (Wildman–Crippen MR) is 122 cm³/mol. The van der Waals surface area contributed by atoms with Gasteiger partial charge in [-0.15, -0.1) is 11.3 Å². The van der Waals surface area contributed by atoms with E-state index in [-0.39, 0.29) is 15.7 Å². The number of thiophene rings is 1. The zero-order valence-corrected chi connectivity index (χ0v) is 19.2. The van der Waals surface area contributed by atoms with E-state index in [0.29, 0.717) is 26.2 Å². The Bertz CT molecular complexity index is 937. The Labute approximate surface area is 181 Å². The molecule has 1 amide bonds. The molecule has 2 heterocycles. The molecule has 0 spiro atoms. The molecule has 0 aliphatic carbocycles. The molecule has 29 heavy (non-hydrogen) atoms. The number of rotatable bonds is 8. The van der Waals surface area contributed by atoms with Crippen molar-refractivity contribution < 1.29 is 13.2 Å². The van der Waals surface area contributed by atoms with Gasteiger partial charge in [-0.2, -0.15) is 16.1 Å². The summed E-state index contributed by atoms with van der Waals surface area (Å²) in [4.78, 5) is 15.3. The molecule has 1 aromatic heterocycles. The first-order valence-electron chi connectivity index (χ1n) is 9.68. The lowest BCUT2D eigenvalue weighted by Gasteiger charge is -2.25. The molecule has 0 radical (unpaired) electrons. The molecule has 3 rings (SSSR count). The van der Waals surface area contributed by atoms with Crippen LogP contribution in [0.3, 0.4) is 0 Å². The molecule has 1 aliphatic rings. The molecule has 1 saturated heterocycles. The van der Waals surface area contributed by atoms with Crippen LogP contribution in [0.15, 0.2) is 40.6 Å². The Morgan fingerprint density at radius 2 is 2.00 bits per heavy atom. The minimum atomic E-state index is -3.63. The van der Waals surface area contributed by atoms with Crippen LogP contribution < -0.4 is 10.2 Å². The number of hydrogen-bond donors (Lipinski definition) is 1. The van der Waals surface area contributed by atoms with Gasteiger partial charge < -0.3 is 10.2 Å². The largest absolute Gasteiger partial charge is 0.370 e. The number of carbonyl (C=O) groups is 1. The topological polar surface area (TPSA) is 69.7 Å². The van der Waals surface area contributed by atoms with Crippen molar-refractivity contribution in [3.05, 3.63) is 46.2 Å². The second kappa shape index (κ2) is 9.97.